The Labute approximate surface area is 155 Å². The monoisotopic (exact) mass is 349 g/mol. The fraction of sp³-hybridized carbons (Fsp3) is 0.455. The first kappa shape index (κ1) is 17.1. The first-order valence-corrected chi connectivity index (χ1v) is 9.66. The van der Waals surface area contributed by atoms with Crippen LogP contribution < -0.4 is 10.2 Å². The number of hydrogen-bond donors (Lipinski definition) is 1. The number of hydrogen-bond acceptors (Lipinski definition) is 3. The number of anilines is 1. The molecule has 0 bridgehead atoms. The van der Waals surface area contributed by atoms with E-state index in [0.717, 1.165) is 31.7 Å². The average molecular weight is 349 g/mol. The molecular weight excluding hydrogens is 322 g/mol. The Kier molecular flexibility index (Phi) is 4.43. The summed E-state index contributed by atoms with van der Waals surface area (Å²) in [6.07, 6.45) is 6.16. The largest absolute Gasteiger partial charge is 0.356 e. The molecule has 26 heavy (non-hydrogen) atoms. The zero-order valence-electron chi connectivity index (χ0n) is 15.7. The Hall–Kier alpha value is -2.36. The van der Waals surface area contributed by atoms with E-state index >= 15 is 0 Å². The van der Waals surface area contributed by atoms with Crippen LogP contribution in [0.2, 0.25) is 0 Å². The molecule has 1 aliphatic heterocycles. The van der Waals surface area contributed by atoms with Crippen LogP contribution in [0.15, 0.2) is 42.6 Å². The molecule has 4 nitrogen and oxygen atoms in total. The van der Waals surface area contributed by atoms with Crippen molar-refractivity contribution < 1.29 is 4.79 Å². The summed E-state index contributed by atoms with van der Waals surface area (Å²) in [5, 5.41) is 3.29. The third kappa shape index (κ3) is 3.09. The van der Waals surface area contributed by atoms with E-state index in [1.807, 2.05) is 12.1 Å². The number of carbonyl (C=O) groups is 1. The molecule has 1 N–H and O–H groups in total. The maximum atomic E-state index is 13.1. The average Bonchev–Trinajstić information content (AvgIpc) is 3.19. The van der Waals surface area contributed by atoms with E-state index in [4.69, 9.17) is 0 Å². The fourth-order valence-corrected chi connectivity index (χ4v) is 4.35. The molecule has 1 atom stereocenters. The molecule has 1 aliphatic carbocycles. The lowest BCUT2D eigenvalue weighted by molar-refractivity contribution is 0.0929. The molecular formula is C22H27N3O. The Morgan fingerprint density at radius 2 is 1.92 bits per heavy atom. The van der Waals surface area contributed by atoms with Gasteiger partial charge in [-0.3, -0.25) is 4.79 Å². The maximum Gasteiger partial charge on any atom is 0.255 e. The minimum atomic E-state index is -0.0143. The second-order valence-electron chi connectivity index (χ2n) is 8.10. The standard InChI is InChI=1S/C22H27N3O/c1-22(2)12-11-19(16-8-3-4-10-18(16)22)24-21(26)17-9-7-13-23-20(17)25-14-5-6-15-25/h3-4,7-10,13,19H,5-6,11-12,14-15H2,1-2H3,(H,24,26). The minimum Gasteiger partial charge on any atom is -0.356 e. The van der Waals surface area contributed by atoms with Gasteiger partial charge in [-0.2, -0.15) is 0 Å². The van der Waals surface area contributed by atoms with Gasteiger partial charge in [0.2, 0.25) is 0 Å². The fourth-order valence-electron chi connectivity index (χ4n) is 4.35. The summed E-state index contributed by atoms with van der Waals surface area (Å²) in [4.78, 5) is 19.8. The van der Waals surface area contributed by atoms with Gasteiger partial charge in [0.25, 0.3) is 5.91 Å². The zero-order valence-corrected chi connectivity index (χ0v) is 15.7. The second-order valence-corrected chi connectivity index (χ2v) is 8.10. The molecule has 0 spiro atoms. The van der Waals surface area contributed by atoms with Crippen LogP contribution in [0.5, 0.6) is 0 Å². The lowest BCUT2D eigenvalue weighted by atomic mass is 9.71. The smallest absolute Gasteiger partial charge is 0.255 e. The van der Waals surface area contributed by atoms with Gasteiger partial charge in [0, 0.05) is 19.3 Å². The number of amides is 1. The Balaban J connectivity index is 1.60. The van der Waals surface area contributed by atoms with Crippen LogP contribution in [0.4, 0.5) is 5.82 Å². The van der Waals surface area contributed by atoms with Crippen molar-refractivity contribution >= 4 is 11.7 Å². The molecule has 1 aromatic heterocycles. The zero-order chi connectivity index (χ0) is 18.1. The number of benzene rings is 1. The summed E-state index contributed by atoms with van der Waals surface area (Å²) in [7, 11) is 0. The van der Waals surface area contributed by atoms with E-state index in [-0.39, 0.29) is 17.4 Å². The van der Waals surface area contributed by atoms with E-state index in [2.05, 4.69) is 53.3 Å². The molecule has 1 unspecified atom stereocenters. The predicted molar refractivity (Wildman–Crippen MR) is 105 cm³/mol. The summed E-state index contributed by atoms with van der Waals surface area (Å²) in [5.74, 6) is 0.812. The molecule has 4 rings (SSSR count). The van der Waals surface area contributed by atoms with Crippen molar-refractivity contribution in [3.05, 3.63) is 59.3 Å². The van der Waals surface area contributed by atoms with Crippen molar-refractivity contribution in [2.75, 3.05) is 18.0 Å². The predicted octanol–water partition coefficient (Wildman–Crippen LogP) is 4.22. The molecule has 1 fully saturated rings. The van der Waals surface area contributed by atoms with Crippen LogP contribution in [0.1, 0.15) is 67.1 Å². The van der Waals surface area contributed by atoms with Gasteiger partial charge in [0.1, 0.15) is 5.82 Å². The van der Waals surface area contributed by atoms with Crippen molar-refractivity contribution in [3.8, 4) is 0 Å². The van der Waals surface area contributed by atoms with Gasteiger partial charge in [0.15, 0.2) is 0 Å². The second kappa shape index (κ2) is 6.75. The molecule has 136 valence electrons. The molecule has 1 aromatic carbocycles. The van der Waals surface area contributed by atoms with Crippen molar-refractivity contribution in [1.29, 1.82) is 0 Å². The number of aromatic nitrogens is 1. The van der Waals surface area contributed by atoms with Gasteiger partial charge in [0.05, 0.1) is 11.6 Å². The molecule has 2 aliphatic rings. The first-order valence-electron chi connectivity index (χ1n) is 9.66. The summed E-state index contributed by atoms with van der Waals surface area (Å²) in [6.45, 7) is 6.54. The number of fused-ring (bicyclic) bond motifs is 1. The number of carbonyl (C=O) groups excluding carboxylic acids is 1. The summed E-state index contributed by atoms with van der Waals surface area (Å²) >= 11 is 0. The SMILES string of the molecule is CC1(C)CCC(NC(=O)c2cccnc2N2CCCC2)c2ccccc21. The highest BCUT2D eigenvalue weighted by atomic mass is 16.1. The molecule has 1 amide bonds. The van der Waals surface area contributed by atoms with Crippen molar-refractivity contribution in [2.45, 2.75) is 51.0 Å². The lowest BCUT2D eigenvalue weighted by Gasteiger charge is -2.37. The van der Waals surface area contributed by atoms with E-state index < -0.39 is 0 Å². The Bertz CT molecular complexity index is 809. The summed E-state index contributed by atoms with van der Waals surface area (Å²) in [6, 6.07) is 12.3. The molecule has 1 saturated heterocycles. The van der Waals surface area contributed by atoms with E-state index in [1.165, 1.54) is 24.0 Å². The van der Waals surface area contributed by atoms with Gasteiger partial charge in [-0.05, 0) is 54.4 Å². The molecule has 0 saturated carbocycles. The number of rotatable bonds is 3. The molecule has 2 heterocycles. The number of pyridine rings is 1. The van der Waals surface area contributed by atoms with Crippen LogP contribution in [0.3, 0.4) is 0 Å². The van der Waals surface area contributed by atoms with Gasteiger partial charge < -0.3 is 10.2 Å². The van der Waals surface area contributed by atoms with Crippen LogP contribution in [0, 0.1) is 0 Å². The van der Waals surface area contributed by atoms with Gasteiger partial charge in [-0.15, -0.1) is 0 Å². The van der Waals surface area contributed by atoms with Gasteiger partial charge in [-0.1, -0.05) is 38.1 Å². The highest BCUT2D eigenvalue weighted by Crippen LogP contribution is 2.41. The topological polar surface area (TPSA) is 45.2 Å². The van der Waals surface area contributed by atoms with Gasteiger partial charge in [-0.25, -0.2) is 4.98 Å². The first-order chi connectivity index (χ1) is 12.6. The highest BCUT2D eigenvalue weighted by Gasteiger charge is 2.33. The third-order valence-corrected chi connectivity index (χ3v) is 5.87. The third-order valence-electron chi connectivity index (χ3n) is 5.87. The quantitative estimate of drug-likeness (QED) is 0.902. The molecule has 4 heteroatoms. The minimum absolute atomic E-state index is 0.0143. The van der Waals surface area contributed by atoms with Crippen molar-refractivity contribution in [3.63, 3.8) is 0 Å². The van der Waals surface area contributed by atoms with Crippen LogP contribution >= 0.6 is 0 Å². The van der Waals surface area contributed by atoms with Crippen LogP contribution in [0.25, 0.3) is 0 Å². The van der Waals surface area contributed by atoms with Gasteiger partial charge >= 0.3 is 0 Å². The van der Waals surface area contributed by atoms with Crippen molar-refractivity contribution in [2.24, 2.45) is 0 Å². The van der Waals surface area contributed by atoms with Crippen LogP contribution in [-0.4, -0.2) is 24.0 Å². The summed E-state index contributed by atoms with van der Waals surface area (Å²) < 4.78 is 0. The van der Waals surface area contributed by atoms with E-state index in [9.17, 15) is 4.79 Å². The Morgan fingerprint density at radius 1 is 1.15 bits per heavy atom. The number of nitrogens with zero attached hydrogens (tertiary/aromatic N) is 2. The Morgan fingerprint density at radius 3 is 2.73 bits per heavy atom. The lowest BCUT2D eigenvalue weighted by Crippen LogP contribution is -2.36. The maximum absolute atomic E-state index is 13.1. The number of nitrogens with one attached hydrogen (secondary N) is 1. The molecule has 2 aromatic rings. The van der Waals surface area contributed by atoms with Crippen LogP contribution in [-0.2, 0) is 5.41 Å². The summed E-state index contributed by atoms with van der Waals surface area (Å²) in [5.41, 5.74) is 3.45. The normalized spacial score (nSPS) is 21.3. The van der Waals surface area contributed by atoms with E-state index in [0.29, 0.717) is 5.56 Å². The van der Waals surface area contributed by atoms with E-state index in [1.54, 1.807) is 6.20 Å². The highest BCUT2D eigenvalue weighted by molar-refractivity contribution is 5.99. The molecule has 0 radical (unpaired) electrons. The van der Waals surface area contributed by atoms with Crippen molar-refractivity contribution in [1.82, 2.24) is 10.3 Å².